The van der Waals surface area contributed by atoms with E-state index in [1.807, 2.05) is 0 Å². The fourth-order valence-electron chi connectivity index (χ4n) is 0.968. The molecule has 120 valence electrons. The molecule has 9 heteroatoms. The molecule has 0 amide bonds. The number of ether oxygens (including phenoxy) is 2. The van der Waals surface area contributed by atoms with Gasteiger partial charge in [0.15, 0.2) is 11.6 Å². The molecule has 1 heterocycles. The first-order chi connectivity index (χ1) is 9.30. The van der Waals surface area contributed by atoms with E-state index in [1.54, 1.807) is 6.92 Å². The number of aromatic nitrogens is 2. The van der Waals surface area contributed by atoms with E-state index in [9.17, 15) is 9.59 Å². The summed E-state index contributed by atoms with van der Waals surface area (Å²) < 4.78 is 9.55. The highest BCUT2D eigenvalue weighted by Gasteiger charge is 2.28. The summed E-state index contributed by atoms with van der Waals surface area (Å²) in [6.07, 6.45) is 1.46. The molecular formula is C12H19Br2N3O4. The summed E-state index contributed by atoms with van der Waals surface area (Å²) in [4.78, 5) is 29.0. The lowest BCUT2D eigenvalue weighted by Gasteiger charge is -2.22. The van der Waals surface area contributed by atoms with Crippen molar-refractivity contribution in [3.05, 3.63) is 18.0 Å². The van der Waals surface area contributed by atoms with Crippen molar-refractivity contribution < 1.29 is 19.1 Å². The van der Waals surface area contributed by atoms with Gasteiger partial charge in [-0.1, -0.05) is 15.9 Å². The molecule has 0 radical (unpaired) electrons. The molecule has 2 N–H and O–H groups in total. The van der Waals surface area contributed by atoms with Crippen molar-refractivity contribution in [3.8, 4) is 0 Å². The average molecular weight is 429 g/mol. The number of anilines is 1. The normalized spacial score (nSPS) is 9.95. The van der Waals surface area contributed by atoms with Gasteiger partial charge < -0.3 is 15.2 Å². The largest absolute Gasteiger partial charge is 0.368 e. The van der Waals surface area contributed by atoms with Crippen molar-refractivity contribution in [2.45, 2.75) is 19.6 Å². The molecule has 0 aliphatic carbocycles. The highest BCUT2D eigenvalue weighted by molar-refractivity contribution is 9.09. The van der Waals surface area contributed by atoms with Crippen LogP contribution in [0.2, 0.25) is 0 Å². The first-order valence-electron chi connectivity index (χ1n) is 5.59. The Labute approximate surface area is 142 Å². The van der Waals surface area contributed by atoms with Crippen molar-refractivity contribution >= 4 is 50.4 Å². The van der Waals surface area contributed by atoms with Gasteiger partial charge in [-0.2, -0.15) is 0 Å². The molecule has 0 unspecified atom stereocenters. The minimum atomic E-state index is -1.06. The Balaban J connectivity index is 0. The number of nitrogens with zero attached hydrogens (tertiary/aromatic N) is 2. The van der Waals surface area contributed by atoms with Gasteiger partial charge in [0.2, 0.25) is 11.7 Å². The number of nitrogens with two attached hydrogens (primary N) is 1. The summed E-state index contributed by atoms with van der Waals surface area (Å²) in [6.45, 7) is 3.00. The van der Waals surface area contributed by atoms with Crippen LogP contribution in [0.3, 0.4) is 0 Å². The molecule has 7 nitrogen and oxygen atoms in total. The summed E-state index contributed by atoms with van der Waals surface area (Å²) in [5, 5.41) is 0.253. The average Bonchev–Trinajstić information content (AvgIpc) is 2.46. The number of alkyl halides is 1. The van der Waals surface area contributed by atoms with Crippen molar-refractivity contribution in [1.29, 1.82) is 0 Å². The van der Waals surface area contributed by atoms with Gasteiger partial charge in [0.1, 0.15) is 5.69 Å². The molecule has 1 aromatic heterocycles. The summed E-state index contributed by atoms with van der Waals surface area (Å²) in [6, 6.07) is 1.53. The van der Waals surface area contributed by atoms with E-state index in [0.29, 0.717) is 5.69 Å². The minimum Gasteiger partial charge on any atom is -0.368 e. The molecule has 0 bridgehead atoms. The van der Waals surface area contributed by atoms with E-state index in [1.165, 1.54) is 33.4 Å². The molecule has 0 saturated carbocycles. The van der Waals surface area contributed by atoms with E-state index >= 15 is 0 Å². The van der Waals surface area contributed by atoms with E-state index < -0.39 is 5.79 Å². The molecule has 1 aromatic rings. The number of carbonyl (C=O) groups excluding carboxylic acids is 2. The van der Waals surface area contributed by atoms with E-state index in [4.69, 9.17) is 15.2 Å². The predicted octanol–water partition coefficient (Wildman–Crippen LogP) is 1.80. The summed E-state index contributed by atoms with van der Waals surface area (Å²) >= 11 is 3.03. The van der Waals surface area contributed by atoms with Gasteiger partial charge in [-0.3, -0.25) is 9.59 Å². The number of halogens is 2. The number of hydrogen-bond acceptors (Lipinski definition) is 7. The topological polar surface area (TPSA) is 104 Å². The number of ketones is 2. The quantitative estimate of drug-likeness (QED) is 0.433. The number of nitrogen functional groups attached to an aromatic ring is 1. The molecule has 21 heavy (non-hydrogen) atoms. The lowest BCUT2D eigenvalue weighted by atomic mass is 10.2. The van der Waals surface area contributed by atoms with Crippen LogP contribution in [0.15, 0.2) is 12.3 Å². The van der Waals surface area contributed by atoms with Crippen LogP contribution < -0.4 is 5.73 Å². The highest BCUT2D eigenvalue weighted by atomic mass is 79.9. The third-order valence-corrected chi connectivity index (χ3v) is 3.01. The SMILES string of the molecule is Br.COC(C)(OC)C(C)=O.Nc1nccc(C(=O)CBr)n1. The van der Waals surface area contributed by atoms with Gasteiger partial charge in [-0.15, -0.1) is 17.0 Å². The Morgan fingerprint density at radius 3 is 2.19 bits per heavy atom. The monoisotopic (exact) mass is 427 g/mol. The van der Waals surface area contributed by atoms with Crippen LogP contribution >= 0.6 is 32.9 Å². The Hall–Kier alpha value is -0.900. The predicted molar refractivity (Wildman–Crippen MR) is 88.0 cm³/mol. The fourth-order valence-corrected chi connectivity index (χ4v) is 1.26. The van der Waals surface area contributed by atoms with Crippen molar-refractivity contribution in [3.63, 3.8) is 0 Å². The first kappa shape index (κ1) is 22.4. The van der Waals surface area contributed by atoms with Crippen LogP contribution in [-0.2, 0) is 14.3 Å². The van der Waals surface area contributed by atoms with Gasteiger partial charge in [-0.25, -0.2) is 9.97 Å². The molecule has 0 atom stereocenters. The molecule has 1 rings (SSSR count). The third kappa shape index (κ3) is 7.60. The number of carbonyl (C=O) groups is 2. The second kappa shape index (κ2) is 10.8. The van der Waals surface area contributed by atoms with Crippen molar-refractivity contribution in [2.75, 3.05) is 25.3 Å². The molecular weight excluding hydrogens is 410 g/mol. The minimum absolute atomic E-state index is 0. The number of rotatable bonds is 5. The Kier molecular flexibility index (Phi) is 11.5. The van der Waals surface area contributed by atoms with Gasteiger partial charge in [-0.05, 0) is 13.0 Å². The smallest absolute Gasteiger partial charge is 0.225 e. The Morgan fingerprint density at radius 1 is 1.38 bits per heavy atom. The second-order valence-corrected chi connectivity index (χ2v) is 4.33. The van der Waals surface area contributed by atoms with E-state index in [-0.39, 0.29) is 39.8 Å². The lowest BCUT2D eigenvalue weighted by molar-refractivity contribution is -0.196. The summed E-state index contributed by atoms with van der Waals surface area (Å²) in [7, 11) is 2.87. The maximum atomic E-state index is 11.0. The Bertz CT molecular complexity index is 468. The molecule has 0 aliphatic heterocycles. The van der Waals surface area contributed by atoms with Gasteiger partial charge in [0.05, 0.1) is 5.33 Å². The molecule has 0 fully saturated rings. The van der Waals surface area contributed by atoms with Crippen molar-refractivity contribution in [1.82, 2.24) is 9.97 Å². The van der Waals surface area contributed by atoms with Crippen LogP contribution in [-0.4, -0.2) is 46.9 Å². The maximum Gasteiger partial charge on any atom is 0.225 e. The second-order valence-electron chi connectivity index (χ2n) is 3.77. The first-order valence-corrected chi connectivity index (χ1v) is 6.71. The third-order valence-electron chi connectivity index (χ3n) is 2.50. The van der Waals surface area contributed by atoms with Gasteiger partial charge >= 0.3 is 0 Å². The molecule has 0 aliphatic rings. The zero-order chi connectivity index (χ0) is 15.8. The van der Waals surface area contributed by atoms with Gasteiger partial charge in [0, 0.05) is 27.3 Å². The van der Waals surface area contributed by atoms with E-state index in [2.05, 4.69) is 25.9 Å². The Morgan fingerprint density at radius 2 is 1.90 bits per heavy atom. The van der Waals surface area contributed by atoms with Crippen LogP contribution in [0.5, 0.6) is 0 Å². The summed E-state index contributed by atoms with van der Waals surface area (Å²) in [5.74, 6) is -1.16. The van der Waals surface area contributed by atoms with Crippen LogP contribution in [0.25, 0.3) is 0 Å². The standard InChI is InChI=1S/C6H6BrN3O.C6H12O3.BrH/c7-3-5(11)4-1-2-9-6(8)10-4;1-5(7)6(2,8-3)9-4;/h1-2H,3H2,(H2,8,9,10);1-4H3;1H. The zero-order valence-electron chi connectivity index (χ0n) is 12.3. The maximum absolute atomic E-state index is 11.0. The molecule has 0 saturated heterocycles. The van der Waals surface area contributed by atoms with E-state index in [0.717, 1.165) is 0 Å². The number of hydrogen-bond donors (Lipinski definition) is 1. The number of methoxy groups -OCH3 is 2. The lowest BCUT2D eigenvalue weighted by Crippen LogP contribution is -2.37. The van der Waals surface area contributed by atoms with Gasteiger partial charge in [0.25, 0.3) is 0 Å². The van der Waals surface area contributed by atoms with Crippen molar-refractivity contribution in [2.24, 2.45) is 0 Å². The molecule has 0 aromatic carbocycles. The summed E-state index contributed by atoms with van der Waals surface area (Å²) in [5.41, 5.74) is 5.60. The van der Waals surface area contributed by atoms with Crippen LogP contribution in [0.4, 0.5) is 5.95 Å². The zero-order valence-corrected chi connectivity index (χ0v) is 15.6. The van der Waals surface area contributed by atoms with Crippen LogP contribution in [0.1, 0.15) is 24.3 Å². The molecule has 0 spiro atoms. The van der Waals surface area contributed by atoms with Crippen LogP contribution in [0, 0.1) is 0 Å². The fraction of sp³-hybridized carbons (Fsp3) is 0.500. The highest BCUT2D eigenvalue weighted by Crippen LogP contribution is 2.09. The number of Topliss-reactive ketones (excluding diaryl/α,β-unsaturated/α-hetero) is 2.